The highest BCUT2D eigenvalue weighted by Gasteiger charge is 2.56. The van der Waals surface area contributed by atoms with E-state index in [9.17, 15) is 14.7 Å². The predicted molar refractivity (Wildman–Crippen MR) is 80.5 cm³/mol. The lowest BCUT2D eigenvalue weighted by Crippen LogP contribution is -2.40. The van der Waals surface area contributed by atoms with Gasteiger partial charge >= 0.3 is 5.97 Å². The molecule has 23 heavy (non-hydrogen) atoms. The van der Waals surface area contributed by atoms with Crippen LogP contribution in [0.4, 0.5) is 0 Å². The number of carbonyl (C=O) groups is 2. The Bertz CT molecular complexity index is 670. The fourth-order valence-corrected chi connectivity index (χ4v) is 4.79. The summed E-state index contributed by atoms with van der Waals surface area (Å²) in [5.41, 5.74) is 1.35. The van der Waals surface area contributed by atoms with Crippen molar-refractivity contribution in [2.24, 2.45) is 24.3 Å². The molecule has 4 rings (SSSR count). The molecule has 7 nitrogen and oxygen atoms in total. The Balaban J connectivity index is 1.51. The molecule has 2 heterocycles. The van der Waals surface area contributed by atoms with E-state index in [2.05, 4.69) is 10.3 Å². The summed E-state index contributed by atoms with van der Waals surface area (Å²) in [7, 11) is 1.86. The summed E-state index contributed by atoms with van der Waals surface area (Å²) in [6, 6.07) is 0. The van der Waals surface area contributed by atoms with Gasteiger partial charge in [-0.3, -0.25) is 14.3 Å². The lowest BCUT2D eigenvalue weighted by molar-refractivity contribution is -0.149. The maximum atomic E-state index is 12.9. The van der Waals surface area contributed by atoms with E-state index >= 15 is 0 Å². The minimum Gasteiger partial charge on any atom is -0.481 e. The van der Waals surface area contributed by atoms with Gasteiger partial charge in [-0.05, 0) is 31.6 Å². The normalized spacial score (nSPS) is 32.7. The molecule has 7 heteroatoms. The number of hydrogen-bond acceptors (Lipinski definition) is 4. The SMILES string of the molecule is Cn1nnc2c1CC(C(=O)N1C[C@@H]3CCC[C@]3(C(=O)O)C1)CC2. The van der Waals surface area contributed by atoms with Crippen molar-refractivity contribution in [3.63, 3.8) is 0 Å². The summed E-state index contributed by atoms with van der Waals surface area (Å²) in [4.78, 5) is 26.5. The molecule has 2 fully saturated rings. The fourth-order valence-electron chi connectivity index (χ4n) is 4.79. The van der Waals surface area contributed by atoms with E-state index in [-0.39, 0.29) is 17.7 Å². The van der Waals surface area contributed by atoms with Crippen LogP contribution in [0.15, 0.2) is 0 Å². The van der Waals surface area contributed by atoms with E-state index in [1.807, 2.05) is 11.9 Å². The van der Waals surface area contributed by atoms with Crippen LogP contribution >= 0.6 is 0 Å². The van der Waals surface area contributed by atoms with Gasteiger partial charge < -0.3 is 10.0 Å². The molecule has 1 N–H and O–H groups in total. The number of aryl methyl sites for hydroxylation is 2. The van der Waals surface area contributed by atoms with Crippen LogP contribution in [-0.2, 0) is 29.5 Å². The molecule has 0 radical (unpaired) electrons. The number of hydrogen-bond donors (Lipinski definition) is 1. The molecule has 1 saturated heterocycles. The van der Waals surface area contributed by atoms with Gasteiger partial charge in [0.2, 0.25) is 5.91 Å². The average Bonchev–Trinajstić information content (AvgIpc) is 3.19. The molecule has 1 aliphatic heterocycles. The maximum absolute atomic E-state index is 12.9. The Morgan fingerprint density at radius 2 is 2.17 bits per heavy atom. The summed E-state index contributed by atoms with van der Waals surface area (Å²) < 4.78 is 1.76. The number of nitrogens with zero attached hydrogens (tertiary/aromatic N) is 4. The second kappa shape index (κ2) is 5.04. The molecule has 0 aromatic carbocycles. The topological polar surface area (TPSA) is 88.3 Å². The van der Waals surface area contributed by atoms with Crippen LogP contribution in [0.5, 0.6) is 0 Å². The van der Waals surface area contributed by atoms with Crippen LogP contribution in [0, 0.1) is 17.3 Å². The minimum absolute atomic E-state index is 0.0654. The highest BCUT2D eigenvalue weighted by atomic mass is 16.4. The van der Waals surface area contributed by atoms with Gasteiger partial charge in [-0.2, -0.15) is 0 Å². The van der Waals surface area contributed by atoms with Crippen LogP contribution in [0.3, 0.4) is 0 Å². The summed E-state index contributed by atoms with van der Waals surface area (Å²) in [5, 5.41) is 17.8. The minimum atomic E-state index is -0.725. The smallest absolute Gasteiger partial charge is 0.311 e. The Hall–Kier alpha value is -1.92. The van der Waals surface area contributed by atoms with E-state index < -0.39 is 11.4 Å². The quantitative estimate of drug-likeness (QED) is 0.864. The molecule has 1 aromatic heterocycles. The molecule has 1 saturated carbocycles. The van der Waals surface area contributed by atoms with Gasteiger partial charge in [0.25, 0.3) is 0 Å². The summed E-state index contributed by atoms with van der Waals surface area (Å²) in [5.74, 6) is -0.546. The monoisotopic (exact) mass is 318 g/mol. The molecular formula is C16H22N4O3. The lowest BCUT2D eigenvalue weighted by Gasteiger charge is -2.27. The number of rotatable bonds is 2. The van der Waals surface area contributed by atoms with Gasteiger partial charge in [-0.1, -0.05) is 11.6 Å². The maximum Gasteiger partial charge on any atom is 0.311 e. The van der Waals surface area contributed by atoms with Crippen molar-refractivity contribution in [3.05, 3.63) is 11.4 Å². The Morgan fingerprint density at radius 3 is 2.91 bits per heavy atom. The van der Waals surface area contributed by atoms with E-state index in [0.717, 1.165) is 37.1 Å². The van der Waals surface area contributed by atoms with E-state index in [1.54, 1.807) is 4.68 Å². The zero-order valence-corrected chi connectivity index (χ0v) is 13.4. The predicted octanol–water partition coefficient (Wildman–Crippen LogP) is 0.633. The number of aliphatic carboxylic acids is 1. The van der Waals surface area contributed by atoms with Gasteiger partial charge in [0.1, 0.15) is 0 Å². The van der Waals surface area contributed by atoms with Crippen LogP contribution < -0.4 is 0 Å². The van der Waals surface area contributed by atoms with Gasteiger partial charge in [-0.15, -0.1) is 5.10 Å². The third-order valence-electron chi connectivity index (χ3n) is 6.15. The molecule has 0 bridgehead atoms. The summed E-state index contributed by atoms with van der Waals surface area (Å²) >= 11 is 0. The second-order valence-corrected chi connectivity index (χ2v) is 7.32. The van der Waals surface area contributed by atoms with Crippen LogP contribution in [-0.4, -0.2) is 50.0 Å². The van der Waals surface area contributed by atoms with Gasteiger partial charge in [0, 0.05) is 32.5 Å². The van der Waals surface area contributed by atoms with Crippen molar-refractivity contribution >= 4 is 11.9 Å². The van der Waals surface area contributed by atoms with Crippen molar-refractivity contribution < 1.29 is 14.7 Å². The largest absolute Gasteiger partial charge is 0.481 e. The highest BCUT2D eigenvalue weighted by Crippen LogP contribution is 2.49. The molecule has 2 aliphatic carbocycles. The zero-order chi connectivity index (χ0) is 16.2. The molecule has 3 atom stereocenters. The van der Waals surface area contributed by atoms with Gasteiger partial charge in [0.05, 0.1) is 16.8 Å². The van der Waals surface area contributed by atoms with Gasteiger partial charge in [-0.25, -0.2) is 0 Å². The van der Waals surface area contributed by atoms with E-state index in [4.69, 9.17) is 0 Å². The first-order chi connectivity index (χ1) is 11.0. The first-order valence-electron chi connectivity index (χ1n) is 8.41. The molecule has 0 spiro atoms. The lowest BCUT2D eigenvalue weighted by atomic mass is 9.81. The van der Waals surface area contributed by atoms with Crippen LogP contribution in [0.1, 0.15) is 37.1 Å². The molecule has 1 unspecified atom stereocenters. The molecular weight excluding hydrogens is 296 g/mol. The molecule has 1 aromatic rings. The van der Waals surface area contributed by atoms with Crippen molar-refractivity contribution in [1.29, 1.82) is 0 Å². The summed E-state index contributed by atoms with van der Waals surface area (Å²) in [6.07, 6.45) is 4.83. The van der Waals surface area contributed by atoms with Crippen molar-refractivity contribution in [2.45, 2.75) is 38.5 Å². The van der Waals surface area contributed by atoms with Crippen molar-refractivity contribution in [2.75, 3.05) is 13.1 Å². The number of carboxylic acids is 1. The number of amides is 1. The number of aromatic nitrogens is 3. The summed E-state index contributed by atoms with van der Waals surface area (Å²) in [6.45, 7) is 0.997. The number of likely N-dealkylation sites (tertiary alicyclic amines) is 1. The first-order valence-corrected chi connectivity index (χ1v) is 8.41. The van der Waals surface area contributed by atoms with Crippen molar-refractivity contribution in [1.82, 2.24) is 19.9 Å². The Morgan fingerprint density at radius 1 is 1.35 bits per heavy atom. The molecule has 124 valence electrons. The number of carboxylic acid groups (broad SMARTS) is 1. The standard InChI is InChI=1S/C16H22N4O3/c1-19-13-7-10(4-5-12(13)17-18-19)14(21)20-8-11-3-2-6-16(11,9-20)15(22)23/h10-11H,2-9H2,1H3,(H,22,23)/t10?,11-,16-/m0/s1. The first kappa shape index (κ1) is 14.7. The Labute approximate surface area is 134 Å². The second-order valence-electron chi connectivity index (χ2n) is 7.32. The van der Waals surface area contributed by atoms with Crippen molar-refractivity contribution in [3.8, 4) is 0 Å². The zero-order valence-electron chi connectivity index (χ0n) is 13.4. The molecule has 3 aliphatic rings. The van der Waals surface area contributed by atoms with E-state index in [0.29, 0.717) is 25.9 Å². The third-order valence-corrected chi connectivity index (χ3v) is 6.15. The number of fused-ring (bicyclic) bond motifs is 2. The molecule has 1 amide bonds. The Kier molecular flexibility index (Phi) is 3.21. The van der Waals surface area contributed by atoms with E-state index in [1.165, 1.54) is 0 Å². The average molecular weight is 318 g/mol. The van der Waals surface area contributed by atoms with Gasteiger partial charge in [0.15, 0.2) is 0 Å². The van der Waals surface area contributed by atoms with Crippen LogP contribution in [0.25, 0.3) is 0 Å². The highest BCUT2D eigenvalue weighted by molar-refractivity contribution is 5.83. The fraction of sp³-hybridized carbons (Fsp3) is 0.750. The van der Waals surface area contributed by atoms with Crippen LogP contribution in [0.2, 0.25) is 0 Å². The third kappa shape index (κ3) is 2.09. The number of carbonyl (C=O) groups excluding carboxylic acids is 1.